The normalized spacial score (nSPS) is 16.7. The van der Waals surface area contributed by atoms with Crippen molar-refractivity contribution in [1.82, 2.24) is 9.97 Å². The second-order valence-corrected chi connectivity index (χ2v) is 5.57. The first-order valence-corrected chi connectivity index (χ1v) is 7.81. The Balaban J connectivity index is 1.54. The summed E-state index contributed by atoms with van der Waals surface area (Å²) in [5, 5.41) is 3.50. The number of hydrogen-bond donors (Lipinski definition) is 2. The Morgan fingerprint density at radius 2 is 2.41 bits per heavy atom. The van der Waals surface area contributed by atoms with E-state index in [4.69, 9.17) is 4.74 Å². The number of nitrogens with one attached hydrogen (secondary N) is 2. The average Bonchev–Trinajstić information content (AvgIpc) is 3.02. The van der Waals surface area contributed by atoms with Crippen molar-refractivity contribution in [3.63, 3.8) is 0 Å². The van der Waals surface area contributed by atoms with Gasteiger partial charge in [0.05, 0.1) is 6.61 Å². The predicted molar refractivity (Wildman–Crippen MR) is 85.0 cm³/mol. The summed E-state index contributed by atoms with van der Waals surface area (Å²) in [6.07, 6.45) is 7.86. The molecular formula is C17H21N3O2. The van der Waals surface area contributed by atoms with Crippen LogP contribution in [0.3, 0.4) is 0 Å². The predicted octanol–water partition coefficient (Wildman–Crippen LogP) is 2.95. The summed E-state index contributed by atoms with van der Waals surface area (Å²) in [6.45, 7) is 2.20. The van der Waals surface area contributed by atoms with Crippen molar-refractivity contribution in [3.05, 3.63) is 47.4 Å². The zero-order chi connectivity index (χ0) is 15.4. The molecule has 5 nitrogen and oxygen atoms in total. The molecule has 0 bridgehead atoms. The van der Waals surface area contributed by atoms with Gasteiger partial charge in [0, 0.05) is 18.4 Å². The van der Waals surface area contributed by atoms with E-state index in [0.29, 0.717) is 18.3 Å². The lowest BCUT2D eigenvalue weighted by molar-refractivity contribution is 0.0520. The van der Waals surface area contributed by atoms with Crippen LogP contribution < -0.4 is 5.32 Å². The van der Waals surface area contributed by atoms with Crippen LogP contribution in [0.2, 0.25) is 0 Å². The Kier molecular flexibility index (Phi) is 4.42. The largest absolute Gasteiger partial charge is 0.461 e. The molecule has 2 aromatic heterocycles. The number of aromatic nitrogens is 2. The summed E-state index contributed by atoms with van der Waals surface area (Å²) in [7, 11) is 0. The Morgan fingerprint density at radius 3 is 3.27 bits per heavy atom. The molecule has 0 fully saturated rings. The number of carbonyl (C=O) groups is 1. The summed E-state index contributed by atoms with van der Waals surface area (Å²) >= 11 is 0. The van der Waals surface area contributed by atoms with Crippen LogP contribution >= 0.6 is 0 Å². The highest BCUT2D eigenvalue weighted by atomic mass is 16.5. The van der Waals surface area contributed by atoms with Gasteiger partial charge in [-0.05, 0) is 55.9 Å². The highest BCUT2D eigenvalue weighted by molar-refractivity contribution is 5.87. The first-order chi connectivity index (χ1) is 10.8. The molecule has 116 valence electrons. The number of rotatable bonds is 5. The first-order valence-electron chi connectivity index (χ1n) is 7.81. The minimum absolute atomic E-state index is 0.289. The van der Waals surface area contributed by atoms with E-state index in [9.17, 15) is 4.79 Å². The number of ether oxygens (including phenoxy) is 1. The van der Waals surface area contributed by atoms with E-state index in [1.54, 1.807) is 0 Å². The third-order valence-electron chi connectivity index (χ3n) is 4.01. The number of pyridine rings is 1. The quantitative estimate of drug-likeness (QED) is 0.833. The van der Waals surface area contributed by atoms with Crippen LogP contribution in [0.25, 0.3) is 0 Å². The van der Waals surface area contributed by atoms with Gasteiger partial charge in [0.2, 0.25) is 0 Å². The minimum Gasteiger partial charge on any atom is -0.461 e. The Morgan fingerprint density at radius 1 is 1.50 bits per heavy atom. The van der Waals surface area contributed by atoms with Gasteiger partial charge in [-0.2, -0.15) is 0 Å². The first kappa shape index (κ1) is 14.6. The molecule has 0 amide bonds. The van der Waals surface area contributed by atoms with E-state index in [0.717, 1.165) is 37.1 Å². The van der Waals surface area contributed by atoms with Gasteiger partial charge in [-0.15, -0.1) is 0 Å². The van der Waals surface area contributed by atoms with Crippen LogP contribution in [0.4, 0.5) is 5.82 Å². The van der Waals surface area contributed by atoms with Crippen molar-refractivity contribution in [2.45, 2.75) is 38.6 Å². The summed E-state index contributed by atoms with van der Waals surface area (Å²) < 4.78 is 4.98. The van der Waals surface area contributed by atoms with E-state index >= 15 is 0 Å². The maximum Gasteiger partial charge on any atom is 0.354 e. The molecule has 2 N–H and O–H groups in total. The molecule has 1 aliphatic rings. The van der Waals surface area contributed by atoms with Crippen molar-refractivity contribution < 1.29 is 9.53 Å². The second kappa shape index (κ2) is 6.64. The molecule has 0 aliphatic carbocycles. The summed E-state index contributed by atoms with van der Waals surface area (Å²) in [5.41, 5.74) is 2.96. The second-order valence-electron chi connectivity index (χ2n) is 5.57. The molecule has 0 radical (unpaired) electrons. The minimum atomic E-state index is -0.289. The van der Waals surface area contributed by atoms with E-state index < -0.39 is 0 Å². The third-order valence-corrected chi connectivity index (χ3v) is 4.01. The SMILES string of the molecule is CCOC(=O)c1cc(CCC2CCc3cccnc3N2)c[nH]1. The van der Waals surface area contributed by atoms with Gasteiger partial charge in [0.15, 0.2) is 0 Å². The Bertz CT molecular complexity index is 651. The van der Waals surface area contributed by atoms with Gasteiger partial charge < -0.3 is 15.0 Å². The molecule has 1 aliphatic heterocycles. The van der Waals surface area contributed by atoms with E-state index in [1.165, 1.54) is 5.56 Å². The fourth-order valence-corrected chi connectivity index (χ4v) is 2.83. The molecule has 0 saturated carbocycles. The fraction of sp³-hybridized carbons (Fsp3) is 0.412. The lowest BCUT2D eigenvalue weighted by Gasteiger charge is -2.25. The van der Waals surface area contributed by atoms with Crippen LogP contribution in [-0.4, -0.2) is 28.6 Å². The number of anilines is 1. The molecule has 22 heavy (non-hydrogen) atoms. The van der Waals surface area contributed by atoms with Gasteiger partial charge in [0.1, 0.15) is 11.5 Å². The topological polar surface area (TPSA) is 67.0 Å². The summed E-state index contributed by atoms with van der Waals surface area (Å²) in [5.74, 6) is 0.725. The molecular weight excluding hydrogens is 278 g/mol. The lowest BCUT2D eigenvalue weighted by atomic mass is 9.96. The summed E-state index contributed by atoms with van der Waals surface area (Å²) in [4.78, 5) is 19.0. The van der Waals surface area contributed by atoms with Gasteiger partial charge in [-0.3, -0.25) is 0 Å². The number of carbonyl (C=O) groups excluding carboxylic acids is 1. The van der Waals surface area contributed by atoms with Crippen LogP contribution in [0, 0.1) is 0 Å². The highest BCUT2D eigenvalue weighted by Crippen LogP contribution is 2.24. The number of nitrogens with zero attached hydrogens (tertiary/aromatic N) is 1. The monoisotopic (exact) mass is 299 g/mol. The third kappa shape index (κ3) is 3.30. The van der Waals surface area contributed by atoms with Crippen molar-refractivity contribution >= 4 is 11.8 Å². The molecule has 5 heteroatoms. The lowest BCUT2D eigenvalue weighted by Crippen LogP contribution is -2.26. The number of aromatic amines is 1. The zero-order valence-electron chi connectivity index (χ0n) is 12.8. The fourth-order valence-electron chi connectivity index (χ4n) is 2.83. The number of hydrogen-bond acceptors (Lipinski definition) is 4. The maximum absolute atomic E-state index is 11.6. The van der Waals surface area contributed by atoms with Gasteiger partial charge in [-0.25, -0.2) is 9.78 Å². The highest BCUT2D eigenvalue weighted by Gasteiger charge is 2.18. The van der Waals surface area contributed by atoms with Crippen LogP contribution in [0.15, 0.2) is 30.6 Å². The Hall–Kier alpha value is -2.30. The van der Waals surface area contributed by atoms with Crippen molar-refractivity contribution in [2.24, 2.45) is 0 Å². The van der Waals surface area contributed by atoms with Gasteiger partial charge >= 0.3 is 5.97 Å². The van der Waals surface area contributed by atoms with Crippen LogP contribution in [0.5, 0.6) is 0 Å². The number of fused-ring (bicyclic) bond motifs is 1. The zero-order valence-corrected chi connectivity index (χ0v) is 12.8. The molecule has 0 aromatic carbocycles. The average molecular weight is 299 g/mol. The van der Waals surface area contributed by atoms with Gasteiger partial charge in [0.25, 0.3) is 0 Å². The van der Waals surface area contributed by atoms with Crippen molar-refractivity contribution in [2.75, 3.05) is 11.9 Å². The van der Waals surface area contributed by atoms with E-state index in [2.05, 4.69) is 21.4 Å². The molecule has 3 heterocycles. The number of H-pyrrole nitrogens is 1. The molecule has 0 saturated heterocycles. The van der Waals surface area contributed by atoms with E-state index in [-0.39, 0.29) is 5.97 Å². The van der Waals surface area contributed by atoms with Crippen LogP contribution in [0.1, 0.15) is 41.4 Å². The molecule has 1 atom stereocenters. The van der Waals surface area contributed by atoms with Crippen molar-refractivity contribution in [3.8, 4) is 0 Å². The van der Waals surface area contributed by atoms with Gasteiger partial charge in [-0.1, -0.05) is 6.07 Å². The Labute approximate surface area is 130 Å². The maximum atomic E-state index is 11.6. The number of aryl methyl sites for hydroxylation is 2. The molecule has 2 aromatic rings. The van der Waals surface area contributed by atoms with Crippen LogP contribution in [-0.2, 0) is 17.6 Å². The molecule has 1 unspecified atom stereocenters. The summed E-state index contributed by atoms with van der Waals surface area (Å²) in [6, 6.07) is 6.43. The molecule has 0 spiro atoms. The number of esters is 1. The van der Waals surface area contributed by atoms with E-state index in [1.807, 2.05) is 31.5 Å². The standard InChI is InChI=1S/C17H21N3O2/c1-2-22-17(21)15-10-12(11-19-15)5-7-14-8-6-13-4-3-9-18-16(13)20-14/h3-4,9-11,14,19H,2,5-8H2,1H3,(H,18,20). The molecule has 3 rings (SSSR count). The van der Waals surface area contributed by atoms with Crippen molar-refractivity contribution in [1.29, 1.82) is 0 Å². The smallest absolute Gasteiger partial charge is 0.354 e.